The molecule has 1 N–H and O–H groups in total. The molecule has 0 saturated carbocycles. The molecule has 0 aliphatic carbocycles. The van der Waals surface area contributed by atoms with Crippen LogP contribution >= 0.6 is 0 Å². The average molecular weight is 247 g/mol. The summed E-state index contributed by atoms with van der Waals surface area (Å²) in [5, 5.41) is 8.09. The van der Waals surface area contributed by atoms with E-state index in [1.807, 2.05) is 0 Å². The van der Waals surface area contributed by atoms with Crippen LogP contribution in [0.25, 0.3) is 0 Å². The SMILES string of the molecule is CN1CCC(N2Cc3ccc(F)cc3C2=N)C1=O. The molecule has 1 unspecified atom stereocenters. The summed E-state index contributed by atoms with van der Waals surface area (Å²) in [5.41, 5.74) is 1.53. The van der Waals surface area contributed by atoms with E-state index in [1.165, 1.54) is 12.1 Å². The Morgan fingerprint density at radius 1 is 1.44 bits per heavy atom. The van der Waals surface area contributed by atoms with Gasteiger partial charge < -0.3 is 9.80 Å². The highest BCUT2D eigenvalue weighted by Crippen LogP contribution is 2.28. The van der Waals surface area contributed by atoms with Gasteiger partial charge in [0.2, 0.25) is 5.91 Å². The van der Waals surface area contributed by atoms with Gasteiger partial charge in [-0.3, -0.25) is 10.2 Å². The maximum absolute atomic E-state index is 13.2. The van der Waals surface area contributed by atoms with Gasteiger partial charge in [-0.05, 0) is 24.1 Å². The lowest BCUT2D eigenvalue weighted by molar-refractivity contribution is -0.130. The van der Waals surface area contributed by atoms with Gasteiger partial charge in [0.05, 0.1) is 0 Å². The van der Waals surface area contributed by atoms with Crippen molar-refractivity contribution < 1.29 is 9.18 Å². The largest absolute Gasteiger partial charge is 0.344 e. The molecule has 1 aromatic carbocycles. The highest BCUT2D eigenvalue weighted by Gasteiger charge is 2.38. The Balaban J connectivity index is 1.91. The first-order valence-electron chi connectivity index (χ1n) is 5.97. The number of carbonyl (C=O) groups excluding carboxylic acids is 1. The zero-order valence-corrected chi connectivity index (χ0v) is 10.1. The van der Waals surface area contributed by atoms with Gasteiger partial charge in [0.25, 0.3) is 0 Å². The average Bonchev–Trinajstić information content (AvgIpc) is 2.83. The van der Waals surface area contributed by atoms with Gasteiger partial charge in [-0.15, -0.1) is 0 Å². The van der Waals surface area contributed by atoms with Gasteiger partial charge in [-0.25, -0.2) is 4.39 Å². The van der Waals surface area contributed by atoms with Crippen LogP contribution in [0.2, 0.25) is 0 Å². The number of rotatable bonds is 1. The summed E-state index contributed by atoms with van der Waals surface area (Å²) >= 11 is 0. The van der Waals surface area contributed by atoms with Crippen molar-refractivity contribution in [3.63, 3.8) is 0 Å². The second-order valence-corrected chi connectivity index (χ2v) is 4.84. The first kappa shape index (κ1) is 11.2. The van der Waals surface area contributed by atoms with Crippen LogP contribution in [-0.4, -0.2) is 41.2 Å². The van der Waals surface area contributed by atoms with Crippen molar-refractivity contribution in [3.8, 4) is 0 Å². The molecule has 18 heavy (non-hydrogen) atoms. The van der Waals surface area contributed by atoms with Crippen LogP contribution in [0.4, 0.5) is 4.39 Å². The molecule has 1 aromatic rings. The summed E-state index contributed by atoms with van der Waals surface area (Å²) < 4.78 is 13.2. The number of nitrogens with zero attached hydrogens (tertiary/aromatic N) is 2. The number of likely N-dealkylation sites (N-methyl/N-ethyl adjacent to an activating group) is 1. The molecule has 0 radical (unpaired) electrons. The third kappa shape index (κ3) is 1.50. The lowest BCUT2D eigenvalue weighted by Crippen LogP contribution is -2.41. The van der Waals surface area contributed by atoms with Gasteiger partial charge in [-0.2, -0.15) is 0 Å². The quantitative estimate of drug-likeness (QED) is 0.810. The zero-order chi connectivity index (χ0) is 12.9. The molecule has 3 rings (SSSR count). The lowest BCUT2D eigenvalue weighted by Gasteiger charge is -2.24. The Labute approximate surface area is 105 Å². The molecule has 94 valence electrons. The monoisotopic (exact) mass is 247 g/mol. The van der Waals surface area contributed by atoms with E-state index >= 15 is 0 Å². The van der Waals surface area contributed by atoms with Gasteiger partial charge >= 0.3 is 0 Å². The van der Waals surface area contributed by atoms with Gasteiger partial charge in [0.1, 0.15) is 17.7 Å². The van der Waals surface area contributed by atoms with Crippen molar-refractivity contribution in [1.29, 1.82) is 5.41 Å². The number of hydrogen-bond donors (Lipinski definition) is 1. The van der Waals surface area contributed by atoms with Crippen LogP contribution in [-0.2, 0) is 11.3 Å². The maximum atomic E-state index is 13.2. The van der Waals surface area contributed by atoms with Crippen LogP contribution in [0.15, 0.2) is 18.2 Å². The third-order valence-electron chi connectivity index (χ3n) is 3.73. The van der Waals surface area contributed by atoms with Crippen molar-refractivity contribution in [2.45, 2.75) is 19.0 Å². The minimum atomic E-state index is -0.338. The molecule has 1 fully saturated rings. The summed E-state index contributed by atoms with van der Waals surface area (Å²) in [6.45, 7) is 1.25. The van der Waals surface area contributed by atoms with Crippen LogP contribution in [0, 0.1) is 11.2 Å². The van der Waals surface area contributed by atoms with Crippen LogP contribution in [0.1, 0.15) is 17.5 Å². The van der Waals surface area contributed by atoms with E-state index in [9.17, 15) is 9.18 Å². The van der Waals surface area contributed by atoms with Gasteiger partial charge in [0, 0.05) is 25.7 Å². The Morgan fingerprint density at radius 2 is 2.22 bits per heavy atom. The van der Waals surface area contributed by atoms with Crippen molar-refractivity contribution in [3.05, 3.63) is 35.1 Å². The fourth-order valence-electron chi connectivity index (χ4n) is 2.68. The molecular weight excluding hydrogens is 233 g/mol. The van der Waals surface area contributed by atoms with E-state index in [0.29, 0.717) is 12.1 Å². The van der Waals surface area contributed by atoms with Crippen molar-refractivity contribution in [2.75, 3.05) is 13.6 Å². The fourth-order valence-corrected chi connectivity index (χ4v) is 2.68. The number of carbonyl (C=O) groups is 1. The standard InChI is InChI=1S/C13H14FN3O/c1-16-5-4-11(13(16)18)17-7-8-2-3-9(14)6-10(8)12(17)15/h2-3,6,11,15H,4-5,7H2,1H3. The van der Waals surface area contributed by atoms with E-state index in [2.05, 4.69) is 0 Å². The van der Waals surface area contributed by atoms with E-state index in [1.54, 1.807) is 22.9 Å². The molecule has 2 aliphatic heterocycles. The van der Waals surface area contributed by atoms with E-state index in [4.69, 9.17) is 5.41 Å². The minimum Gasteiger partial charge on any atom is -0.344 e. The zero-order valence-electron chi connectivity index (χ0n) is 10.1. The molecular formula is C13H14FN3O. The smallest absolute Gasteiger partial charge is 0.245 e. The number of likely N-dealkylation sites (tertiary alicyclic amines) is 1. The van der Waals surface area contributed by atoms with Gasteiger partial charge in [-0.1, -0.05) is 6.07 Å². The second kappa shape index (κ2) is 3.80. The number of halogens is 1. The molecule has 1 saturated heterocycles. The molecule has 1 amide bonds. The molecule has 0 bridgehead atoms. The summed E-state index contributed by atoms with van der Waals surface area (Å²) in [7, 11) is 1.77. The number of amides is 1. The normalized spacial score (nSPS) is 22.9. The van der Waals surface area contributed by atoms with Crippen molar-refractivity contribution in [2.24, 2.45) is 0 Å². The third-order valence-corrected chi connectivity index (χ3v) is 3.73. The summed E-state index contributed by atoms with van der Waals surface area (Å²) in [6.07, 6.45) is 0.730. The summed E-state index contributed by atoms with van der Waals surface area (Å²) in [5.74, 6) is -0.0265. The Morgan fingerprint density at radius 3 is 2.89 bits per heavy atom. The van der Waals surface area contributed by atoms with Crippen LogP contribution in [0.5, 0.6) is 0 Å². The molecule has 1 atom stereocenters. The summed E-state index contributed by atoms with van der Waals surface area (Å²) in [6, 6.07) is 4.21. The lowest BCUT2D eigenvalue weighted by atomic mass is 10.1. The predicted octanol–water partition coefficient (Wildman–Crippen LogP) is 1.20. The fraction of sp³-hybridized carbons (Fsp3) is 0.385. The first-order chi connectivity index (χ1) is 8.58. The first-order valence-corrected chi connectivity index (χ1v) is 5.97. The Kier molecular flexibility index (Phi) is 2.36. The number of amidine groups is 1. The number of fused-ring (bicyclic) bond motifs is 1. The van der Waals surface area contributed by atoms with Gasteiger partial charge in [0.15, 0.2) is 0 Å². The van der Waals surface area contributed by atoms with Crippen LogP contribution in [0.3, 0.4) is 0 Å². The Bertz CT molecular complexity index is 543. The molecule has 4 nitrogen and oxygen atoms in total. The second-order valence-electron chi connectivity index (χ2n) is 4.84. The molecule has 5 heteroatoms. The Hall–Kier alpha value is -1.91. The van der Waals surface area contributed by atoms with E-state index in [0.717, 1.165) is 18.5 Å². The highest BCUT2D eigenvalue weighted by atomic mass is 19.1. The topological polar surface area (TPSA) is 47.4 Å². The maximum Gasteiger partial charge on any atom is 0.245 e. The molecule has 2 aliphatic rings. The number of benzene rings is 1. The molecule has 2 heterocycles. The molecule has 0 spiro atoms. The van der Waals surface area contributed by atoms with Crippen LogP contribution < -0.4 is 0 Å². The number of nitrogens with one attached hydrogen (secondary N) is 1. The van der Waals surface area contributed by atoms with E-state index < -0.39 is 0 Å². The minimum absolute atomic E-state index is 0.0491. The van der Waals surface area contributed by atoms with E-state index in [-0.39, 0.29) is 23.6 Å². The summed E-state index contributed by atoms with van der Waals surface area (Å²) in [4.78, 5) is 15.4. The molecule has 0 aromatic heterocycles. The number of hydrogen-bond acceptors (Lipinski definition) is 2. The highest BCUT2D eigenvalue weighted by molar-refractivity contribution is 6.03. The predicted molar refractivity (Wildman–Crippen MR) is 64.8 cm³/mol. The van der Waals surface area contributed by atoms with Crippen molar-refractivity contribution >= 4 is 11.7 Å². The van der Waals surface area contributed by atoms with Crippen molar-refractivity contribution in [1.82, 2.24) is 9.80 Å².